The van der Waals surface area contributed by atoms with Crippen molar-refractivity contribution in [2.45, 2.75) is 24.3 Å². The molecule has 0 spiro atoms. The van der Waals surface area contributed by atoms with Crippen molar-refractivity contribution in [2.24, 2.45) is 0 Å². The van der Waals surface area contributed by atoms with Crippen LogP contribution in [0.25, 0.3) is 5.53 Å². The van der Waals surface area contributed by atoms with Gasteiger partial charge in [-0.05, 0) is 24.6 Å². The first-order valence-electron chi connectivity index (χ1n) is 9.81. The van der Waals surface area contributed by atoms with Gasteiger partial charge in [-0.15, -0.1) is 0 Å². The normalized spacial score (nSPS) is 11.9. The molecule has 0 heterocycles. The fraction of sp³-hybridized carbons (Fsp3) is 0.125. The van der Waals surface area contributed by atoms with Gasteiger partial charge in [0.05, 0.1) is 10.9 Å². The number of hydrogen-bond acceptors (Lipinski definition) is 4. The first-order valence-corrected chi connectivity index (χ1v) is 11.3. The predicted molar refractivity (Wildman–Crippen MR) is 120 cm³/mol. The number of benzene rings is 3. The average Bonchev–Trinajstić information content (AvgIpc) is 2.80. The van der Waals surface area contributed by atoms with Crippen LogP contribution in [0, 0.1) is 6.92 Å². The van der Waals surface area contributed by atoms with Gasteiger partial charge in [-0.25, -0.2) is 13.1 Å². The molecule has 7 nitrogen and oxygen atoms in total. The minimum Gasteiger partial charge on any atom is -0.360 e. The van der Waals surface area contributed by atoms with E-state index in [0.717, 1.165) is 5.56 Å². The molecule has 0 saturated carbocycles. The Kier molecular flexibility index (Phi) is 7.22. The predicted octanol–water partition coefficient (Wildman–Crippen LogP) is 3.53. The number of carbonyl (C=O) groups is 2. The van der Waals surface area contributed by atoms with Crippen LogP contribution in [0.2, 0.25) is 0 Å². The molecule has 0 amide bonds. The molecule has 0 saturated heterocycles. The van der Waals surface area contributed by atoms with E-state index in [1.165, 1.54) is 24.3 Å². The summed E-state index contributed by atoms with van der Waals surface area (Å²) < 4.78 is 28.4. The minimum atomic E-state index is -3.96. The van der Waals surface area contributed by atoms with E-state index in [0.29, 0.717) is 5.56 Å². The Morgan fingerprint density at radius 2 is 1.47 bits per heavy atom. The van der Waals surface area contributed by atoms with E-state index in [9.17, 15) is 23.5 Å². The third-order valence-corrected chi connectivity index (χ3v) is 6.32. The summed E-state index contributed by atoms with van der Waals surface area (Å²) in [7, 11) is -3.96. The largest absolute Gasteiger partial charge is 0.405 e. The number of nitrogens with one attached hydrogen (secondary N) is 1. The molecule has 1 N–H and O–H groups in total. The number of aryl methyl sites for hydroxylation is 1. The van der Waals surface area contributed by atoms with Crippen molar-refractivity contribution in [3.05, 3.63) is 107 Å². The van der Waals surface area contributed by atoms with Gasteiger partial charge in [-0.2, -0.15) is 4.79 Å². The van der Waals surface area contributed by atoms with E-state index in [1.807, 2.05) is 6.92 Å². The van der Waals surface area contributed by atoms with Crippen molar-refractivity contribution in [2.75, 3.05) is 0 Å². The van der Waals surface area contributed by atoms with Crippen molar-refractivity contribution < 1.29 is 22.8 Å². The summed E-state index contributed by atoms with van der Waals surface area (Å²) in [4.78, 5) is 28.5. The Bertz CT molecular complexity index is 1270. The zero-order chi connectivity index (χ0) is 23.1. The lowest BCUT2D eigenvalue weighted by Crippen LogP contribution is -2.34. The maximum absolute atomic E-state index is 12.9. The van der Waals surface area contributed by atoms with Crippen LogP contribution >= 0.6 is 0 Å². The number of Topliss-reactive ketones (excluding diaryl/α,β-unsaturated/α-hetero) is 2. The first kappa shape index (κ1) is 23.0. The molecule has 0 radical (unpaired) electrons. The van der Waals surface area contributed by atoms with Crippen molar-refractivity contribution in [3.63, 3.8) is 0 Å². The van der Waals surface area contributed by atoms with Gasteiger partial charge < -0.3 is 5.53 Å². The third-order valence-electron chi connectivity index (χ3n) is 4.84. The molecular weight excluding hydrogens is 426 g/mol. The van der Waals surface area contributed by atoms with E-state index < -0.39 is 39.8 Å². The lowest BCUT2D eigenvalue weighted by atomic mass is 9.97. The van der Waals surface area contributed by atoms with Crippen LogP contribution in [-0.4, -0.2) is 30.5 Å². The van der Waals surface area contributed by atoms with E-state index in [2.05, 4.69) is 9.51 Å². The molecular formula is C24H21N3O4S. The molecule has 162 valence electrons. The summed E-state index contributed by atoms with van der Waals surface area (Å²) in [5.41, 5.74) is 10.3. The second-order valence-corrected chi connectivity index (χ2v) is 8.88. The third kappa shape index (κ3) is 5.50. The highest BCUT2D eigenvalue weighted by Crippen LogP contribution is 2.21. The zero-order valence-electron chi connectivity index (χ0n) is 17.3. The van der Waals surface area contributed by atoms with Crippen molar-refractivity contribution in [3.8, 4) is 0 Å². The molecule has 8 heteroatoms. The van der Waals surface area contributed by atoms with E-state index in [-0.39, 0.29) is 10.5 Å². The Morgan fingerprint density at radius 1 is 0.906 bits per heavy atom. The van der Waals surface area contributed by atoms with Crippen LogP contribution in [0.3, 0.4) is 0 Å². The maximum atomic E-state index is 12.9. The molecule has 1 atom stereocenters. The van der Waals surface area contributed by atoms with Crippen LogP contribution in [0.5, 0.6) is 0 Å². The monoisotopic (exact) mass is 447 g/mol. The Hall–Kier alpha value is -3.71. The number of sulfonamides is 1. The fourth-order valence-corrected chi connectivity index (χ4v) is 4.35. The van der Waals surface area contributed by atoms with Gasteiger partial charge >= 0.3 is 5.71 Å². The van der Waals surface area contributed by atoms with E-state index in [1.54, 1.807) is 60.7 Å². The summed E-state index contributed by atoms with van der Waals surface area (Å²) in [6, 6.07) is 21.8. The Balaban J connectivity index is 1.89. The summed E-state index contributed by atoms with van der Waals surface area (Å²) in [5, 5.41) is 0. The van der Waals surface area contributed by atoms with Crippen LogP contribution in [-0.2, 0) is 14.8 Å². The molecule has 0 fully saturated rings. The number of hydrogen-bond donors (Lipinski definition) is 1. The van der Waals surface area contributed by atoms with Crippen molar-refractivity contribution in [1.29, 1.82) is 0 Å². The molecule has 0 aromatic heterocycles. The lowest BCUT2D eigenvalue weighted by Gasteiger charge is -2.18. The van der Waals surface area contributed by atoms with Gasteiger partial charge in [0.15, 0.2) is 0 Å². The van der Waals surface area contributed by atoms with Gasteiger partial charge in [0, 0.05) is 12.0 Å². The second kappa shape index (κ2) is 10.1. The molecule has 0 bridgehead atoms. The molecule has 32 heavy (non-hydrogen) atoms. The number of nitrogens with zero attached hydrogens (tertiary/aromatic N) is 2. The topological polar surface area (TPSA) is 117 Å². The molecule has 0 aliphatic heterocycles. The van der Waals surface area contributed by atoms with Gasteiger partial charge in [0.1, 0.15) is 0 Å². The van der Waals surface area contributed by atoms with Crippen LogP contribution < -0.4 is 4.72 Å². The first-order chi connectivity index (χ1) is 15.3. The molecule has 0 aliphatic rings. The minimum absolute atomic E-state index is 0.0490. The summed E-state index contributed by atoms with van der Waals surface area (Å²) in [6.45, 7) is 1.84. The second-order valence-electron chi connectivity index (χ2n) is 7.17. The highest BCUT2D eigenvalue weighted by molar-refractivity contribution is 7.89. The number of rotatable bonds is 9. The molecule has 3 aromatic rings. The van der Waals surface area contributed by atoms with Crippen LogP contribution in [0.4, 0.5) is 0 Å². The van der Waals surface area contributed by atoms with Gasteiger partial charge in [0.25, 0.3) is 5.78 Å². The number of ketones is 2. The highest BCUT2D eigenvalue weighted by atomic mass is 32.2. The quantitative estimate of drug-likeness (QED) is 0.178. The summed E-state index contributed by atoms with van der Waals surface area (Å²) in [5.74, 6) is -1.53. The Labute approximate surface area is 186 Å². The SMILES string of the molecule is Cc1ccc(S(=O)(=O)NC(CC(=O)C(=[N+]=[N-])C(=O)c2ccccc2)c2ccccc2)cc1. The van der Waals surface area contributed by atoms with E-state index in [4.69, 9.17) is 0 Å². The summed E-state index contributed by atoms with van der Waals surface area (Å²) in [6.07, 6.45) is -0.410. The highest BCUT2D eigenvalue weighted by Gasteiger charge is 2.34. The zero-order valence-corrected chi connectivity index (χ0v) is 18.1. The maximum Gasteiger partial charge on any atom is 0.405 e. The molecule has 0 aliphatic carbocycles. The van der Waals surface area contributed by atoms with Gasteiger partial charge in [-0.1, -0.05) is 78.4 Å². The molecule has 3 rings (SSSR count). The van der Waals surface area contributed by atoms with Crippen LogP contribution in [0.15, 0.2) is 89.8 Å². The molecule has 1 unspecified atom stereocenters. The average molecular weight is 448 g/mol. The summed E-state index contributed by atoms with van der Waals surface area (Å²) >= 11 is 0. The lowest BCUT2D eigenvalue weighted by molar-refractivity contribution is -0.117. The van der Waals surface area contributed by atoms with Crippen molar-refractivity contribution in [1.82, 2.24) is 4.72 Å². The smallest absolute Gasteiger partial charge is 0.360 e. The number of carbonyl (C=O) groups excluding carboxylic acids is 2. The van der Waals surface area contributed by atoms with Gasteiger partial charge in [-0.3, -0.25) is 9.59 Å². The standard InChI is InChI=1S/C24H21N3O4S/c1-17-12-14-20(15-13-17)32(30,31)27-21(18-8-4-2-5-9-18)16-22(28)23(26-25)24(29)19-10-6-3-7-11-19/h2-15,21,27H,16H2,1H3. The molecule has 3 aromatic carbocycles. The van der Waals surface area contributed by atoms with Gasteiger partial charge in [0.2, 0.25) is 15.8 Å². The van der Waals surface area contributed by atoms with E-state index >= 15 is 0 Å². The van der Waals surface area contributed by atoms with Crippen molar-refractivity contribution >= 4 is 27.3 Å². The Morgan fingerprint density at radius 3 is 2.03 bits per heavy atom. The fourth-order valence-electron chi connectivity index (χ4n) is 3.12. The van der Waals surface area contributed by atoms with Crippen LogP contribution in [0.1, 0.15) is 33.9 Å².